The molecule has 0 aliphatic carbocycles. The monoisotopic (exact) mass is 524 g/mol. The molecular weight excluding hydrogens is 492 g/mol. The number of hydrogen-bond donors (Lipinski definition) is 0. The van der Waals surface area contributed by atoms with Gasteiger partial charge in [0, 0.05) is 24.3 Å². The Morgan fingerprint density at radius 2 is 1.06 bits per heavy atom. The van der Waals surface area contributed by atoms with Crippen LogP contribution < -0.4 is 9.47 Å². The normalized spacial score (nSPS) is 12.9. The second-order valence-corrected chi connectivity index (χ2v) is 12.3. The van der Waals surface area contributed by atoms with Gasteiger partial charge < -0.3 is 18.6 Å². The summed E-state index contributed by atoms with van der Waals surface area (Å²) in [6, 6.07) is 2.72. The second-order valence-electron chi connectivity index (χ2n) is 9.26. The Morgan fingerprint density at radius 1 is 0.735 bits per heavy atom. The van der Waals surface area contributed by atoms with E-state index in [1.54, 1.807) is 28.2 Å². The predicted molar refractivity (Wildman–Crippen MR) is 121 cm³/mol. The van der Waals surface area contributed by atoms with E-state index in [2.05, 4.69) is 0 Å². The molecule has 0 aliphatic heterocycles. The zero-order chi connectivity index (χ0) is 26.2. The third-order valence-corrected chi connectivity index (χ3v) is 6.43. The topological polar surface area (TPSA) is 167 Å². The van der Waals surface area contributed by atoms with Gasteiger partial charge in [-0.05, 0) is 12.1 Å². The molecule has 0 unspecified atom stereocenters. The van der Waals surface area contributed by atoms with E-state index < -0.39 is 31.7 Å². The lowest BCUT2D eigenvalue weighted by Gasteiger charge is -2.30. The molecule has 0 saturated heterocycles. The van der Waals surface area contributed by atoms with Crippen LogP contribution in [-0.4, -0.2) is 114 Å². The van der Waals surface area contributed by atoms with Gasteiger partial charge in [-0.3, -0.25) is 18.6 Å². The highest BCUT2D eigenvalue weighted by Crippen LogP contribution is 2.28. The molecule has 194 valence electrons. The van der Waals surface area contributed by atoms with Crippen molar-refractivity contribution >= 4 is 32.8 Å². The number of carbonyl (C=O) groups excluding carboxylic acids is 2. The van der Waals surface area contributed by atoms with Gasteiger partial charge in [-0.2, -0.15) is 0 Å². The lowest BCUT2D eigenvalue weighted by Crippen LogP contribution is -2.44. The number of hydrogen-bond acceptors (Lipinski definition) is 10. The fraction of sp³-hybridized carbons (Fsp3) is 0.600. The van der Waals surface area contributed by atoms with Crippen molar-refractivity contribution in [1.82, 2.24) is 0 Å². The van der Waals surface area contributed by atoms with Gasteiger partial charge in [0.05, 0.1) is 72.6 Å². The molecule has 1 aromatic carbocycles. The first-order chi connectivity index (χ1) is 15.5. The molecule has 34 heavy (non-hydrogen) atoms. The van der Waals surface area contributed by atoms with Crippen LogP contribution >= 0.6 is 0 Å². The van der Waals surface area contributed by atoms with Crippen LogP contribution in [0.4, 0.5) is 0 Å². The maximum atomic E-state index is 11.6. The lowest BCUT2D eigenvalue weighted by molar-refractivity contribution is -0.905. The average molecular weight is 525 g/mol. The van der Waals surface area contributed by atoms with Gasteiger partial charge in [0.1, 0.15) is 11.5 Å². The van der Waals surface area contributed by atoms with E-state index in [0.29, 0.717) is 25.7 Å². The number of aldehydes is 2. The van der Waals surface area contributed by atoms with Gasteiger partial charge in [0.25, 0.3) is 0 Å². The van der Waals surface area contributed by atoms with Gasteiger partial charge in [-0.25, -0.2) is 16.8 Å². The first-order valence-corrected chi connectivity index (χ1v) is 13.5. The lowest BCUT2D eigenvalue weighted by atomic mass is 10.1. The van der Waals surface area contributed by atoms with Crippen molar-refractivity contribution < 1.29 is 54.0 Å². The van der Waals surface area contributed by atoms with Gasteiger partial charge in [-0.15, -0.1) is 0 Å². The minimum atomic E-state index is -4.31. The average Bonchev–Trinajstić information content (AvgIpc) is 2.68. The zero-order valence-corrected chi connectivity index (χ0v) is 21.4. The maximum absolute atomic E-state index is 11.6. The van der Waals surface area contributed by atoms with Crippen LogP contribution in [0.15, 0.2) is 12.1 Å². The molecule has 0 radical (unpaired) electrons. The summed E-state index contributed by atoms with van der Waals surface area (Å²) in [6.07, 6.45) is 1.37. The summed E-state index contributed by atoms with van der Waals surface area (Å²) < 4.78 is 76.5. The van der Waals surface area contributed by atoms with Crippen molar-refractivity contribution in [3.05, 3.63) is 23.3 Å². The number of rotatable bonds is 16. The molecule has 14 heteroatoms. The molecule has 12 nitrogen and oxygen atoms in total. The number of nitrogens with zero attached hydrogens (tertiary/aromatic N) is 2. The largest absolute Gasteiger partial charge is 0.748 e. The molecule has 0 aromatic heterocycles. The van der Waals surface area contributed by atoms with E-state index in [-0.39, 0.29) is 57.9 Å². The molecule has 0 bridgehead atoms. The van der Waals surface area contributed by atoms with Crippen LogP contribution in [0.3, 0.4) is 0 Å². The summed E-state index contributed by atoms with van der Waals surface area (Å²) in [5, 5.41) is 0. The molecule has 1 aromatic rings. The SMILES string of the molecule is C[N+](C)(CCCS(=O)(=O)[O-])COc1cc(C=O)c(OC[N+](C)(C)CCCS(=O)(=O)[O-])cc1C=O. The summed E-state index contributed by atoms with van der Waals surface area (Å²) in [5.41, 5.74) is 0.260. The summed E-state index contributed by atoms with van der Waals surface area (Å²) in [7, 11) is -1.58. The molecule has 0 spiro atoms. The van der Waals surface area contributed by atoms with E-state index in [0.717, 1.165) is 0 Å². The van der Waals surface area contributed by atoms with Gasteiger partial charge in [0.2, 0.25) is 13.5 Å². The Labute approximate surface area is 200 Å². The van der Waals surface area contributed by atoms with E-state index >= 15 is 0 Å². The molecule has 0 atom stereocenters. The second kappa shape index (κ2) is 12.0. The fourth-order valence-corrected chi connectivity index (χ4v) is 3.95. The fourth-order valence-electron chi connectivity index (χ4n) is 2.98. The highest BCUT2D eigenvalue weighted by Gasteiger charge is 2.21. The molecule has 0 fully saturated rings. The third-order valence-electron chi connectivity index (χ3n) is 4.85. The molecule has 0 saturated carbocycles. The highest BCUT2D eigenvalue weighted by atomic mass is 32.2. The summed E-state index contributed by atoms with van der Waals surface area (Å²) in [5.74, 6) is -0.697. The van der Waals surface area contributed by atoms with Crippen LogP contribution in [0.1, 0.15) is 33.6 Å². The standard InChI is InChI=1S/C20H32N2O10S2/c1-21(2,7-5-9-33(25,26)27)15-31-19-11-18(14-24)20(12-17(19)13-23)32-16-22(3,4)8-6-10-34(28,29)30/h11-14H,5-10,15-16H2,1-4H3. The van der Waals surface area contributed by atoms with Crippen LogP contribution in [0.5, 0.6) is 11.5 Å². The molecule has 0 N–H and O–H groups in total. The Bertz CT molecular complexity index is 981. The quantitative estimate of drug-likeness (QED) is 0.124. The Kier molecular flexibility index (Phi) is 10.6. The number of benzene rings is 1. The smallest absolute Gasteiger partial charge is 0.223 e. The van der Waals surface area contributed by atoms with Crippen LogP contribution in [0, 0.1) is 0 Å². The molecular formula is C20H32N2O10S2. The Balaban J connectivity index is 2.87. The van der Waals surface area contributed by atoms with Crippen LogP contribution in [0.25, 0.3) is 0 Å². The van der Waals surface area contributed by atoms with Gasteiger partial charge in [-0.1, -0.05) is 0 Å². The molecule has 1 rings (SSSR count). The molecule has 0 aliphatic rings. The van der Waals surface area contributed by atoms with Crippen molar-refractivity contribution in [2.24, 2.45) is 0 Å². The number of ether oxygens (including phenoxy) is 2. The van der Waals surface area contributed by atoms with Crippen molar-refractivity contribution in [2.45, 2.75) is 12.8 Å². The first kappa shape index (κ1) is 29.9. The van der Waals surface area contributed by atoms with Gasteiger partial charge >= 0.3 is 0 Å². The highest BCUT2D eigenvalue weighted by molar-refractivity contribution is 7.85. The third kappa shape index (κ3) is 11.9. The van der Waals surface area contributed by atoms with Crippen LogP contribution in [0.2, 0.25) is 0 Å². The minimum absolute atomic E-state index is 0.0464. The summed E-state index contributed by atoms with van der Waals surface area (Å²) in [4.78, 5) is 23.2. The number of carbonyl (C=O) groups is 2. The first-order valence-electron chi connectivity index (χ1n) is 10.3. The van der Waals surface area contributed by atoms with Crippen LogP contribution in [-0.2, 0) is 20.2 Å². The van der Waals surface area contributed by atoms with E-state index in [1.807, 2.05) is 0 Å². The summed E-state index contributed by atoms with van der Waals surface area (Å²) in [6.45, 7) is 0.760. The van der Waals surface area contributed by atoms with Crippen molar-refractivity contribution in [1.29, 1.82) is 0 Å². The van der Waals surface area contributed by atoms with Crippen molar-refractivity contribution in [2.75, 3.05) is 66.2 Å². The van der Waals surface area contributed by atoms with E-state index in [9.17, 15) is 35.5 Å². The van der Waals surface area contributed by atoms with Crippen molar-refractivity contribution in [3.8, 4) is 11.5 Å². The Morgan fingerprint density at radius 3 is 1.32 bits per heavy atom. The Hall–Kier alpha value is -2.10. The van der Waals surface area contributed by atoms with E-state index in [1.165, 1.54) is 12.1 Å². The maximum Gasteiger partial charge on any atom is 0.223 e. The molecule has 0 amide bonds. The van der Waals surface area contributed by atoms with Crippen molar-refractivity contribution in [3.63, 3.8) is 0 Å². The zero-order valence-electron chi connectivity index (χ0n) is 19.8. The van der Waals surface area contributed by atoms with E-state index in [4.69, 9.17) is 9.47 Å². The molecule has 0 heterocycles. The predicted octanol–water partition coefficient (Wildman–Crippen LogP) is 0.00760. The number of quaternary nitrogens is 2. The summed E-state index contributed by atoms with van der Waals surface area (Å²) >= 11 is 0. The minimum Gasteiger partial charge on any atom is -0.748 e. The van der Waals surface area contributed by atoms with Gasteiger partial charge in [0.15, 0.2) is 12.6 Å².